The van der Waals surface area contributed by atoms with Crippen molar-refractivity contribution in [3.63, 3.8) is 0 Å². The molecule has 69 heavy (non-hydrogen) atoms. The summed E-state index contributed by atoms with van der Waals surface area (Å²) in [6.45, 7) is 4.26. The van der Waals surface area contributed by atoms with Crippen molar-refractivity contribution in [3.8, 4) is 0 Å². The van der Waals surface area contributed by atoms with Crippen molar-refractivity contribution in [2.45, 2.75) is 309 Å². The number of unbranched alkanes of at least 4 members (excludes halogenated alkanes) is 40. The second-order valence-electron chi connectivity index (χ2n) is 21.7. The average Bonchev–Trinajstić information content (AvgIpc) is 3.31. The van der Waals surface area contributed by atoms with Gasteiger partial charge in [-0.25, -0.2) is 0 Å². The normalized spacial score (nSPS) is 13.3. The molecule has 0 aliphatic carbocycles. The highest BCUT2D eigenvalue weighted by atomic mass is 31.2. The van der Waals surface area contributed by atoms with Crippen LogP contribution >= 0.6 is 7.82 Å². The molecule has 9 nitrogen and oxygen atoms in total. The SMILES string of the molecule is CCCCCCCCCC/C=C\CCCCCCCCCCCCCCCCCCCCCCCCCC(=O)OC(COC(=O)CCCCCCCCCCCC)COP(=O)([O-])OCC[N+](C)(C)C. The summed E-state index contributed by atoms with van der Waals surface area (Å²) in [6.07, 6.45) is 60.1. The summed E-state index contributed by atoms with van der Waals surface area (Å²) in [5, 5.41) is 0. The Morgan fingerprint density at radius 2 is 0.739 bits per heavy atom. The van der Waals surface area contributed by atoms with Crippen LogP contribution < -0.4 is 4.89 Å². The molecule has 0 N–H and O–H groups in total. The number of esters is 2. The molecular weight excluding hydrogens is 882 g/mol. The van der Waals surface area contributed by atoms with Crippen LogP contribution in [-0.2, 0) is 32.7 Å². The third-order valence-electron chi connectivity index (χ3n) is 13.5. The van der Waals surface area contributed by atoms with Crippen LogP contribution in [0.5, 0.6) is 0 Å². The summed E-state index contributed by atoms with van der Waals surface area (Å²) in [7, 11) is 1.18. The molecule has 2 atom stereocenters. The summed E-state index contributed by atoms with van der Waals surface area (Å²) in [4.78, 5) is 37.7. The Balaban J connectivity index is 3.86. The summed E-state index contributed by atoms with van der Waals surface area (Å²) in [6, 6.07) is 0. The summed E-state index contributed by atoms with van der Waals surface area (Å²) >= 11 is 0. The minimum atomic E-state index is -4.62. The van der Waals surface area contributed by atoms with Crippen molar-refractivity contribution < 1.29 is 42.1 Å². The van der Waals surface area contributed by atoms with Gasteiger partial charge in [-0.1, -0.05) is 264 Å². The van der Waals surface area contributed by atoms with Crippen molar-refractivity contribution in [1.82, 2.24) is 0 Å². The van der Waals surface area contributed by atoms with E-state index in [4.69, 9.17) is 18.5 Å². The van der Waals surface area contributed by atoms with Gasteiger partial charge in [-0.05, 0) is 38.5 Å². The number of rotatable bonds is 56. The third kappa shape index (κ3) is 55.9. The van der Waals surface area contributed by atoms with E-state index in [9.17, 15) is 19.0 Å². The maximum Gasteiger partial charge on any atom is 0.306 e. The van der Waals surface area contributed by atoms with Gasteiger partial charge in [-0.2, -0.15) is 0 Å². The van der Waals surface area contributed by atoms with Gasteiger partial charge >= 0.3 is 11.9 Å². The van der Waals surface area contributed by atoms with Crippen LogP contribution in [0.4, 0.5) is 0 Å². The molecule has 0 spiro atoms. The minimum Gasteiger partial charge on any atom is -0.756 e. The average molecular weight is 999 g/mol. The molecule has 10 heteroatoms. The van der Waals surface area contributed by atoms with Gasteiger partial charge in [0.05, 0.1) is 27.7 Å². The van der Waals surface area contributed by atoms with E-state index in [-0.39, 0.29) is 32.0 Å². The highest BCUT2D eigenvalue weighted by Crippen LogP contribution is 2.38. The Morgan fingerprint density at radius 1 is 0.435 bits per heavy atom. The van der Waals surface area contributed by atoms with Crippen LogP contribution in [-0.4, -0.2) is 70.0 Å². The zero-order valence-corrected chi connectivity index (χ0v) is 47.4. The van der Waals surface area contributed by atoms with Crippen LogP contribution in [0.3, 0.4) is 0 Å². The second kappa shape index (κ2) is 51.6. The molecule has 0 rings (SSSR count). The summed E-state index contributed by atoms with van der Waals surface area (Å²) in [5.74, 6) is -0.818. The van der Waals surface area contributed by atoms with Crippen molar-refractivity contribution in [3.05, 3.63) is 12.2 Å². The first-order valence-corrected chi connectivity index (χ1v) is 31.4. The standard InChI is InChI=1S/C59H116NO8P/c1-6-8-10-12-14-16-18-19-20-21-22-23-24-25-26-27-28-29-30-31-32-33-34-35-36-37-38-39-40-41-42-44-46-48-50-52-59(62)68-57(56-67-69(63,64)66-54-53-60(3,4)5)55-65-58(61)51-49-47-45-43-17-15-13-11-9-7-2/h21-22,57H,6-20,23-56H2,1-5H3/b22-21-. The van der Waals surface area contributed by atoms with E-state index in [0.717, 1.165) is 32.1 Å². The molecule has 0 aromatic rings. The number of nitrogens with zero attached hydrogens (tertiary/aromatic N) is 1. The number of ether oxygens (including phenoxy) is 2. The molecule has 0 bridgehead atoms. The van der Waals surface area contributed by atoms with E-state index >= 15 is 0 Å². The first-order valence-electron chi connectivity index (χ1n) is 29.9. The van der Waals surface area contributed by atoms with Crippen molar-refractivity contribution in [2.24, 2.45) is 0 Å². The molecule has 0 heterocycles. The fourth-order valence-corrected chi connectivity index (χ4v) is 9.62. The molecule has 0 aromatic heterocycles. The smallest absolute Gasteiger partial charge is 0.306 e. The molecule has 410 valence electrons. The Morgan fingerprint density at radius 3 is 1.07 bits per heavy atom. The second-order valence-corrected chi connectivity index (χ2v) is 23.1. The fraction of sp³-hybridized carbons (Fsp3) is 0.932. The molecule has 0 saturated heterocycles. The molecule has 0 aliphatic rings. The zero-order chi connectivity index (χ0) is 50.6. The van der Waals surface area contributed by atoms with Gasteiger partial charge in [-0.3, -0.25) is 14.2 Å². The highest BCUT2D eigenvalue weighted by Gasteiger charge is 2.22. The number of carbonyl (C=O) groups excluding carboxylic acids is 2. The monoisotopic (exact) mass is 998 g/mol. The van der Waals surface area contributed by atoms with E-state index in [2.05, 4.69) is 26.0 Å². The predicted octanol–water partition coefficient (Wildman–Crippen LogP) is 17.8. The molecule has 0 aliphatic heterocycles. The quantitative estimate of drug-likeness (QED) is 0.0195. The van der Waals surface area contributed by atoms with Crippen LogP contribution in [0.2, 0.25) is 0 Å². The van der Waals surface area contributed by atoms with Gasteiger partial charge in [0.25, 0.3) is 7.82 Å². The lowest BCUT2D eigenvalue weighted by Crippen LogP contribution is -2.37. The number of hydrogen-bond donors (Lipinski definition) is 0. The fourth-order valence-electron chi connectivity index (χ4n) is 8.89. The summed E-state index contributed by atoms with van der Waals surface area (Å²) in [5.41, 5.74) is 0. The predicted molar refractivity (Wildman–Crippen MR) is 292 cm³/mol. The third-order valence-corrected chi connectivity index (χ3v) is 14.5. The largest absolute Gasteiger partial charge is 0.756 e. The Labute approximate surface area is 428 Å². The topological polar surface area (TPSA) is 111 Å². The van der Waals surface area contributed by atoms with Gasteiger partial charge in [-0.15, -0.1) is 0 Å². The molecule has 0 amide bonds. The molecular formula is C59H116NO8P. The maximum atomic E-state index is 12.8. The van der Waals surface area contributed by atoms with E-state index in [0.29, 0.717) is 17.4 Å². The number of hydrogen-bond acceptors (Lipinski definition) is 8. The first-order chi connectivity index (χ1) is 33.5. The lowest BCUT2D eigenvalue weighted by atomic mass is 10.0. The Bertz CT molecular complexity index is 1180. The number of quaternary nitrogens is 1. The van der Waals surface area contributed by atoms with Gasteiger partial charge < -0.3 is 27.9 Å². The van der Waals surface area contributed by atoms with Gasteiger partial charge in [0.2, 0.25) is 0 Å². The van der Waals surface area contributed by atoms with E-state index < -0.39 is 26.5 Å². The van der Waals surface area contributed by atoms with Crippen molar-refractivity contribution in [1.29, 1.82) is 0 Å². The maximum absolute atomic E-state index is 12.8. The van der Waals surface area contributed by atoms with Crippen LogP contribution in [0.25, 0.3) is 0 Å². The molecule has 0 radical (unpaired) electrons. The van der Waals surface area contributed by atoms with E-state index in [1.807, 2.05) is 21.1 Å². The van der Waals surface area contributed by atoms with Crippen molar-refractivity contribution in [2.75, 3.05) is 47.5 Å². The number of phosphoric ester groups is 1. The van der Waals surface area contributed by atoms with Gasteiger partial charge in [0, 0.05) is 12.8 Å². The number of likely N-dealkylation sites (N-methyl/N-ethyl adjacent to an activating group) is 1. The minimum absolute atomic E-state index is 0.0263. The van der Waals surface area contributed by atoms with Gasteiger partial charge in [0.1, 0.15) is 19.8 Å². The van der Waals surface area contributed by atoms with Crippen LogP contribution in [0.15, 0.2) is 12.2 Å². The van der Waals surface area contributed by atoms with Crippen LogP contribution in [0.1, 0.15) is 303 Å². The van der Waals surface area contributed by atoms with Crippen LogP contribution in [0, 0.1) is 0 Å². The molecule has 2 unspecified atom stereocenters. The Hall–Kier alpha value is -1.25. The lowest BCUT2D eigenvalue weighted by Gasteiger charge is -2.28. The van der Waals surface area contributed by atoms with E-state index in [1.165, 1.54) is 238 Å². The number of carbonyl (C=O) groups is 2. The molecule has 0 fully saturated rings. The number of allylic oxidation sites excluding steroid dienone is 2. The zero-order valence-electron chi connectivity index (χ0n) is 46.5. The van der Waals surface area contributed by atoms with E-state index in [1.54, 1.807) is 0 Å². The molecule has 0 aromatic carbocycles. The van der Waals surface area contributed by atoms with Gasteiger partial charge in [0.15, 0.2) is 6.10 Å². The highest BCUT2D eigenvalue weighted by molar-refractivity contribution is 7.45. The molecule has 0 saturated carbocycles. The van der Waals surface area contributed by atoms with Crippen molar-refractivity contribution >= 4 is 19.8 Å². The lowest BCUT2D eigenvalue weighted by molar-refractivity contribution is -0.870. The summed E-state index contributed by atoms with van der Waals surface area (Å²) < 4.78 is 34.0. The number of phosphoric acid groups is 1. The first kappa shape index (κ1) is 67.8. The Kier molecular flexibility index (Phi) is 50.7.